The molecule has 1 saturated heterocycles. The van der Waals surface area contributed by atoms with Crippen LogP contribution in [-0.2, 0) is 4.74 Å². The molecule has 0 spiro atoms. The zero-order valence-corrected chi connectivity index (χ0v) is 9.20. The van der Waals surface area contributed by atoms with E-state index in [1.54, 1.807) is 0 Å². The normalized spacial score (nSPS) is 26.4. The Morgan fingerprint density at radius 2 is 2.43 bits per heavy atom. The second-order valence-electron chi connectivity index (χ2n) is 3.80. The molecule has 0 aromatic rings. The van der Waals surface area contributed by atoms with Crippen LogP contribution in [0.25, 0.3) is 0 Å². The Morgan fingerprint density at radius 1 is 1.64 bits per heavy atom. The van der Waals surface area contributed by atoms with E-state index in [2.05, 4.69) is 17.1 Å². The van der Waals surface area contributed by atoms with Crippen LogP contribution in [0.4, 0.5) is 0 Å². The lowest BCUT2D eigenvalue weighted by atomic mass is 10.1. The van der Waals surface area contributed by atoms with Crippen molar-refractivity contribution in [3.8, 4) is 0 Å². The van der Waals surface area contributed by atoms with Gasteiger partial charge in [0, 0.05) is 25.2 Å². The summed E-state index contributed by atoms with van der Waals surface area (Å²) in [6.45, 7) is 5.92. The molecule has 14 heavy (non-hydrogen) atoms. The van der Waals surface area contributed by atoms with E-state index >= 15 is 0 Å². The van der Waals surface area contributed by atoms with Crippen molar-refractivity contribution < 1.29 is 9.84 Å². The van der Waals surface area contributed by atoms with Crippen LogP contribution in [-0.4, -0.2) is 62.0 Å². The van der Waals surface area contributed by atoms with Crippen molar-refractivity contribution >= 4 is 0 Å². The van der Waals surface area contributed by atoms with Crippen molar-refractivity contribution in [2.75, 3.05) is 40.0 Å². The van der Waals surface area contributed by atoms with Gasteiger partial charge in [0.1, 0.15) is 0 Å². The first-order valence-electron chi connectivity index (χ1n) is 5.41. The number of ether oxygens (including phenoxy) is 1. The number of nitrogens with zero attached hydrogens (tertiary/aromatic N) is 1. The number of rotatable bonds is 5. The van der Waals surface area contributed by atoms with Gasteiger partial charge in [-0.25, -0.2) is 0 Å². The molecular formula is C10H22N2O2. The third kappa shape index (κ3) is 3.20. The molecule has 2 atom stereocenters. The van der Waals surface area contributed by atoms with Crippen LogP contribution in [0.2, 0.25) is 0 Å². The highest BCUT2D eigenvalue weighted by Gasteiger charge is 2.23. The van der Waals surface area contributed by atoms with Gasteiger partial charge in [0.2, 0.25) is 0 Å². The Balaban J connectivity index is 2.39. The summed E-state index contributed by atoms with van der Waals surface area (Å²) in [6.07, 6.45) is 1.11. The minimum atomic E-state index is 0.183. The third-order valence-electron chi connectivity index (χ3n) is 2.90. The molecule has 0 aliphatic carbocycles. The summed E-state index contributed by atoms with van der Waals surface area (Å²) < 4.78 is 5.43. The molecule has 1 aliphatic rings. The number of likely N-dealkylation sites (N-methyl/N-ethyl adjacent to an activating group) is 1. The minimum Gasteiger partial charge on any atom is -0.395 e. The van der Waals surface area contributed by atoms with Gasteiger partial charge in [-0.3, -0.25) is 4.90 Å². The van der Waals surface area contributed by atoms with Gasteiger partial charge in [0.25, 0.3) is 0 Å². The molecule has 0 aromatic heterocycles. The summed E-state index contributed by atoms with van der Waals surface area (Å²) >= 11 is 0. The fourth-order valence-corrected chi connectivity index (χ4v) is 1.83. The van der Waals surface area contributed by atoms with Crippen LogP contribution >= 0.6 is 0 Å². The lowest BCUT2D eigenvalue weighted by Gasteiger charge is -2.36. The Labute approximate surface area is 86.2 Å². The zero-order valence-electron chi connectivity index (χ0n) is 9.20. The Kier molecular flexibility index (Phi) is 5.40. The molecule has 1 rings (SSSR count). The van der Waals surface area contributed by atoms with Crippen LogP contribution in [0, 0.1) is 0 Å². The predicted molar refractivity (Wildman–Crippen MR) is 56.4 cm³/mol. The predicted octanol–water partition coefficient (Wildman–Crippen LogP) is -0.322. The van der Waals surface area contributed by atoms with E-state index in [1.807, 2.05) is 7.05 Å². The largest absolute Gasteiger partial charge is 0.395 e. The van der Waals surface area contributed by atoms with E-state index < -0.39 is 0 Å². The van der Waals surface area contributed by atoms with Crippen molar-refractivity contribution in [2.24, 2.45) is 0 Å². The molecule has 0 aromatic carbocycles. The highest BCUT2D eigenvalue weighted by Crippen LogP contribution is 2.10. The van der Waals surface area contributed by atoms with Crippen molar-refractivity contribution in [2.45, 2.75) is 25.4 Å². The van der Waals surface area contributed by atoms with Gasteiger partial charge in [-0.05, 0) is 13.5 Å². The molecular weight excluding hydrogens is 180 g/mol. The van der Waals surface area contributed by atoms with Crippen molar-refractivity contribution in [1.29, 1.82) is 0 Å². The van der Waals surface area contributed by atoms with Crippen LogP contribution in [0.3, 0.4) is 0 Å². The van der Waals surface area contributed by atoms with Crippen LogP contribution < -0.4 is 5.32 Å². The summed E-state index contributed by atoms with van der Waals surface area (Å²) in [6, 6.07) is 0.702. The number of aliphatic hydroxyl groups is 1. The molecule has 1 heterocycles. The zero-order chi connectivity index (χ0) is 10.4. The molecule has 0 saturated carbocycles. The first-order chi connectivity index (χ1) is 6.81. The van der Waals surface area contributed by atoms with E-state index in [0.717, 1.165) is 32.7 Å². The SMILES string of the molecule is CCC1COCCN1CC(CO)NC. The van der Waals surface area contributed by atoms with Crippen LogP contribution in [0.15, 0.2) is 0 Å². The number of aliphatic hydroxyl groups excluding tert-OH is 1. The van der Waals surface area contributed by atoms with Crippen LogP contribution in [0.1, 0.15) is 13.3 Å². The van der Waals surface area contributed by atoms with Gasteiger partial charge in [-0.15, -0.1) is 0 Å². The van der Waals surface area contributed by atoms with Gasteiger partial charge in [-0.2, -0.15) is 0 Å². The maximum atomic E-state index is 9.10. The maximum Gasteiger partial charge on any atom is 0.0622 e. The second-order valence-corrected chi connectivity index (χ2v) is 3.80. The molecule has 2 N–H and O–H groups in total. The average Bonchev–Trinajstić information content (AvgIpc) is 2.26. The third-order valence-corrected chi connectivity index (χ3v) is 2.90. The van der Waals surface area contributed by atoms with Gasteiger partial charge in [-0.1, -0.05) is 6.92 Å². The summed E-state index contributed by atoms with van der Waals surface area (Å²) in [7, 11) is 1.89. The monoisotopic (exact) mass is 202 g/mol. The van der Waals surface area contributed by atoms with Crippen molar-refractivity contribution in [3.05, 3.63) is 0 Å². The first-order valence-corrected chi connectivity index (χ1v) is 5.41. The molecule has 4 nitrogen and oxygen atoms in total. The molecule has 4 heteroatoms. The molecule has 0 radical (unpaired) electrons. The highest BCUT2D eigenvalue weighted by molar-refractivity contribution is 4.78. The van der Waals surface area contributed by atoms with Gasteiger partial charge in [0.05, 0.1) is 19.8 Å². The van der Waals surface area contributed by atoms with E-state index in [0.29, 0.717) is 6.04 Å². The van der Waals surface area contributed by atoms with Crippen molar-refractivity contribution in [3.63, 3.8) is 0 Å². The van der Waals surface area contributed by atoms with Crippen LogP contribution in [0.5, 0.6) is 0 Å². The highest BCUT2D eigenvalue weighted by atomic mass is 16.5. The van der Waals surface area contributed by atoms with E-state index in [-0.39, 0.29) is 12.6 Å². The standard InChI is InChI=1S/C10H22N2O2/c1-3-10-8-14-5-4-12(10)6-9(7-13)11-2/h9-11,13H,3-8H2,1-2H3. The number of hydrogen-bond acceptors (Lipinski definition) is 4. The second kappa shape index (κ2) is 6.35. The summed E-state index contributed by atoms with van der Waals surface area (Å²) in [4.78, 5) is 2.40. The maximum absolute atomic E-state index is 9.10. The molecule has 0 amide bonds. The molecule has 2 unspecified atom stereocenters. The van der Waals surface area contributed by atoms with Gasteiger partial charge < -0.3 is 15.2 Å². The smallest absolute Gasteiger partial charge is 0.0622 e. The summed E-state index contributed by atoms with van der Waals surface area (Å²) in [5.74, 6) is 0. The molecule has 1 fully saturated rings. The average molecular weight is 202 g/mol. The van der Waals surface area contributed by atoms with Gasteiger partial charge in [0.15, 0.2) is 0 Å². The Morgan fingerprint density at radius 3 is 3.00 bits per heavy atom. The van der Waals surface area contributed by atoms with E-state index in [9.17, 15) is 0 Å². The summed E-state index contributed by atoms with van der Waals surface area (Å²) in [5.41, 5.74) is 0. The lowest BCUT2D eigenvalue weighted by Crippen LogP contribution is -2.51. The first kappa shape index (κ1) is 11.9. The summed E-state index contributed by atoms with van der Waals surface area (Å²) in [5, 5.41) is 12.2. The topological polar surface area (TPSA) is 44.7 Å². The Hall–Kier alpha value is -0.160. The number of nitrogens with one attached hydrogen (secondary N) is 1. The molecule has 84 valence electrons. The molecule has 0 bridgehead atoms. The number of morpholine rings is 1. The fourth-order valence-electron chi connectivity index (χ4n) is 1.83. The number of hydrogen-bond donors (Lipinski definition) is 2. The van der Waals surface area contributed by atoms with Crippen molar-refractivity contribution in [1.82, 2.24) is 10.2 Å². The lowest BCUT2D eigenvalue weighted by molar-refractivity contribution is -0.0148. The molecule has 1 aliphatic heterocycles. The minimum absolute atomic E-state index is 0.183. The quantitative estimate of drug-likeness (QED) is 0.641. The van der Waals surface area contributed by atoms with Gasteiger partial charge >= 0.3 is 0 Å². The fraction of sp³-hybridized carbons (Fsp3) is 1.00. The van der Waals surface area contributed by atoms with E-state index in [1.165, 1.54) is 0 Å². The Bertz CT molecular complexity index is 151. The van der Waals surface area contributed by atoms with E-state index in [4.69, 9.17) is 9.84 Å².